The van der Waals surface area contributed by atoms with Gasteiger partial charge >= 0.3 is 0 Å². The van der Waals surface area contributed by atoms with E-state index in [0.717, 1.165) is 55.5 Å². The number of nitrogens with two attached hydrogens (primary N) is 1. The van der Waals surface area contributed by atoms with Gasteiger partial charge in [-0.15, -0.1) is 0 Å². The highest BCUT2D eigenvalue weighted by Gasteiger charge is 2.31. The molecule has 0 spiro atoms. The normalized spacial score (nSPS) is 20.0. The number of piperidine rings is 1. The fourth-order valence-electron chi connectivity index (χ4n) is 3.78. The smallest absolute Gasteiger partial charge is 0.274 e. The maximum Gasteiger partial charge on any atom is 0.274 e. The second-order valence-electron chi connectivity index (χ2n) is 6.79. The lowest BCUT2D eigenvalue weighted by Crippen LogP contribution is -2.46. The average Bonchev–Trinajstić information content (AvgIpc) is 3.19. The Morgan fingerprint density at radius 2 is 2.04 bits per heavy atom. The molecule has 132 valence electrons. The first kappa shape index (κ1) is 16.2. The fraction of sp³-hybridized carbons (Fsp3) is 0.444. The summed E-state index contributed by atoms with van der Waals surface area (Å²) in [4.78, 5) is 14.7. The van der Waals surface area contributed by atoms with E-state index in [2.05, 4.69) is 5.10 Å². The zero-order valence-corrected chi connectivity index (χ0v) is 13.8. The molecule has 1 saturated heterocycles. The molecule has 7 heteroatoms. The van der Waals surface area contributed by atoms with Gasteiger partial charge in [0.1, 0.15) is 0 Å². The van der Waals surface area contributed by atoms with Crippen LogP contribution in [-0.2, 0) is 12.8 Å². The van der Waals surface area contributed by atoms with E-state index >= 15 is 0 Å². The number of aromatic nitrogens is 2. The first-order chi connectivity index (χ1) is 12.0. The number of fused-ring (bicyclic) bond motifs is 1. The number of hydrogen-bond donors (Lipinski definition) is 1. The summed E-state index contributed by atoms with van der Waals surface area (Å²) < 4.78 is 28.4. The number of hydrogen-bond acceptors (Lipinski definition) is 3. The van der Waals surface area contributed by atoms with Crippen LogP contribution in [0.15, 0.2) is 18.2 Å². The highest BCUT2D eigenvalue weighted by molar-refractivity contribution is 5.94. The Morgan fingerprint density at radius 3 is 2.80 bits per heavy atom. The highest BCUT2D eigenvalue weighted by Crippen LogP contribution is 2.29. The summed E-state index contributed by atoms with van der Waals surface area (Å²) in [5, 5.41) is 4.47. The van der Waals surface area contributed by atoms with Gasteiger partial charge in [0.05, 0.1) is 5.69 Å². The van der Waals surface area contributed by atoms with Crippen LogP contribution < -0.4 is 5.73 Å². The number of amides is 1. The number of carbonyl (C=O) groups is 1. The van der Waals surface area contributed by atoms with Crippen LogP contribution in [0.1, 0.15) is 41.0 Å². The summed E-state index contributed by atoms with van der Waals surface area (Å²) in [6, 6.07) is 3.68. The lowest BCUT2D eigenvalue weighted by molar-refractivity contribution is 0.0701. The van der Waals surface area contributed by atoms with E-state index in [1.165, 1.54) is 6.07 Å². The molecule has 1 atom stereocenters. The first-order valence-electron chi connectivity index (χ1n) is 8.65. The predicted molar refractivity (Wildman–Crippen MR) is 88.6 cm³/mol. The molecule has 1 fully saturated rings. The monoisotopic (exact) mass is 346 g/mol. The summed E-state index contributed by atoms with van der Waals surface area (Å²) in [6.45, 7) is 1.21. The standard InChI is InChI=1S/C18H20F2N4O/c19-14-7-6-12(9-15(14)20)24-16-5-1-4-13(16)17(22-24)18(25)23-8-2-3-11(21)10-23/h6-7,9,11H,1-5,8,10,21H2. The molecule has 1 aromatic carbocycles. The maximum absolute atomic E-state index is 13.6. The van der Waals surface area contributed by atoms with Crippen molar-refractivity contribution < 1.29 is 13.6 Å². The fourth-order valence-corrected chi connectivity index (χ4v) is 3.78. The van der Waals surface area contributed by atoms with Gasteiger partial charge < -0.3 is 10.6 Å². The van der Waals surface area contributed by atoms with Crippen LogP contribution in [0.4, 0.5) is 8.78 Å². The summed E-state index contributed by atoms with van der Waals surface area (Å²) >= 11 is 0. The molecule has 2 aromatic rings. The van der Waals surface area contributed by atoms with E-state index in [1.807, 2.05) is 0 Å². The Morgan fingerprint density at radius 1 is 1.20 bits per heavy atom. The molecule has 1 aliphatic heterocycles. The predicted octanol–water partition coefficient (Wildman–Crippen LogP) is 2.20. The molecule has 1 amide bonds. The highest BCUT2D eigenvalue weighted by atomic mass is 19.2. The van der Waals surface area contributed by atoms with Crippen molar-refractivity contribution in [3.05, 3.63) is 46.8 Å². The van der Waals surface area contributed by atoms with Crippen molar-refractivity contribution in [3.8, 4) is 5.69 Å². The lowest BCUT2D eigenvalue weighted by Gasteiger charge is -2.30. The van der Waals surface area contributed by atoms with Crippen molar-refractivity contribution >= 4 is 5.91 Å². The number of rotatable bonds is 2. The van der Waals surface area contributed by atoms with Gasteiger partial charge in [-0.25, -0.2) is 13.5 Å². The Balaban J connectivity index is 1.72. The largest absolute Gasteiger partial charge is 0.336 e. The molecule has 2 N–H and O–H groups in total. The van der Waals surface area contributed by atoms with E-state index in [9.17, 15) is 13.6 Å². The van der Waals surface area contributed by atoms with Gasteiger partial charge in [-0.05, 0) is 44.2 Å². The minimum atomic E-state index is -0.922. The number of benzene rings is 1. The van der Waals surface area contributed by atoms with Crippen LogP contribution in [0.25, 0.3) is 5.69 Å². The van der Waals surface area contributed by atoms with Gasteiger partial charge in [0.25, 0.3) is 5.91 Å². The van der Waals surface area contributed by atoms with Gasteiger partial charge in [0.2, 0.25) is 0 Å². The third-order valence-electron chi connectivity index (χ3n) is 5.03. The number of nitrogens with zero attached hydrogens (tertiary/aromatic N) is 3. The third kappa shape index (κ3) is 2.82. The van der Waals surface area contributed by atoms with Crippen LogP contribution in [0.2, 0.25) is 0 Å². The lowest BCUT2D eigenvalue weighted by atomic mass is 10.1. The summed E-state index contributed by atoms with van der Waals surface area (Å²) in [6.07, 6.45) is 4.29. The van der Waals surface area contributed by atoms with Crippen LogP contribution in [0.3, 0.4) is 0 Å². The van der Waals surface area contributed by atoms with E-state index in [0.29, 0.717) is 24.5 Å². The van der Waals surface area contributed by atoms with Crippen LogP contribution in [-0.4, -0.2) is 39.7 Å². The van der Waals surface area contributed by atoms with Gasteiger partial charge in [-0.3, -0.25) is 4.79 Å². The van der Waals surface area contributed by atoms with E-state index < -0.39 is 11.6 Å². The van der Waals surface area contributed by atoms with Crippen LogP contribution >= 0.6 is 0 Å². The molecule has 4 rings (SSSR count). The summed E-state index contributed by atoms with van der Waals surface area (Å²) in [7, 11) is 0. The van der Waals surface area contributed by atoms with Crippen LogP contribution in [0, 0.1) is 11.6 Å². The van der Waals surface area contributed by atoms with E-state index in [1.54, 1.807) is 9.58 Å². The van der Waals surface area contributed by atoms with E-state index in [-0.39, 0.29) is 11.9 Å². The molecular formula is C18H20F2N4O. The molecule has 0 saturated carbocycles. The zero-order valence-electron chi connectivity index (χ0n) is 13.8. The first-order valence-corrected chi connectivity index (χ1v) is 8.65. The Labute approximate surface area is 144 Å². The average molecular weight is 346 g/mol. The molecule has 0 radical (unpaired) electrons. The second kappa shape index (κ2) is 6.22. The molecule has 2 aliphatic rings. The quantitative estimate of drug-likeness (QED) is 0.907. The summed E-state index contributed by atoms with van der Waals surface area (Å²) in [5.41, 5.74) is 8.68. The molecule has 2 heterocycles. The molecule has 1 aliphatic carbocycles. The molecule has 25 heavy (non-hydrogen) atoms. The van der Waals surface area contributed by atoms with E-state index in [4.69, 9.17) is 5.73 Å². The third-order valence-corrected chi connectivity index (χ3v) is 5.03. The maximum atomic E-state index is 13.6. The topological polar surface area (TPSA) is 64.2 Å². The number of carbonyl (C=O) groups excluding carboxylic acids is 1. The van der Waals surface area contributed by atoms with Crippen molar-refractivity contribution in [2.75, 3.05) is 13.1 Å². The minimum absolute atomic E-state index is 0.000899. The van der Waals surface area contributed by atoms with Gasteiger partial charge in [-0.1, -0.05) is 0 Å². The second-order valence-corrected chi connectivity index (χ2v) is 6.79. The van der Waals surface area contributed by atoms with Gasteiger partial charge in [-0.2, -0.15) is 5.10 Å². The molecule has 1 unspecified atom stereocenters. The minimum Gasteiger partial charge on any atom is -0.336 e. The van der Waals surface area contributed by atoms with Gasteiger partial charge in [0, 0.05) is 36.5 Å². The Kier molecular flexibility index (Phi) is 4.03. The molecular weight excluding hydrogens is 326 g/mol. The van der Waals surface area contributed by atoms with Crippen LogP contribution in [0.5, 0.6) is 0 Å². The molecule has 0 bridgehead atoms. The summed E-state index contributed by atoms with van der Waals surface area (Å²) in [5.74, 6) is -1.93. The van der Waals surface area contributed by atoms with Gasteiger partial charge in [0.15, 0.2) is 17.3 Å². The van der Waals surface area contributed by atoms with Crippen molar-refractivity contribution in [1.29, 1.82) is 0 Å². The van der Waals surface area contributed by atoms with Crippen molar-refractivity contribution in [1.82, 2.24) is 14.7 Å². The van der Waals surface area contributed by atoms with Crippen molar-refractivity contribution in [2.45, 2.75) is 38.1 Å². The molecule has 1 aromatic heterocycles. The zero-order chi connectivity index (χ0) is 17.6. The Hall–Kier alpha value is -2.28. The number of halogens is 2. The van der Waals surface area contributed by atoms with Crippen molar-refractivity contribution in [2.24, 2.45) is 5.73 Å². The van der Waals surface area contributed by atoms with Crippen molar-refractivity contribution in [3.63, 3.8) is 0 Å². The molecule has 5 nitrogen and oxygen atoms in total. The number of likely N-dealkylation sites (tertiary alicyclic amines) is 1. The Bertz CT molecular complexity index is 833. The SMILES string of the molecule is NC1CCCN(C(=O)c2nn(-c3ccc(F)c(F)c3)c3c2CCC3)C1.